The van der Waals surface area contributed by atoms with E-state index in [1.807, 2.05) is 39.0 Å². The first-order valence-corrected chi connectivity index (χ1v) is 10.5. The first-order valence-electron chi connectivity index (χ1n) is 10.1. The van der Waals surface area contributed by atoms with Crippen LogP contribution in [-0.4, -0.2) is 64.3 Å². The van der Waals surface area contributed by atoms with Crippen molar-refractivity contribution >= 4 is 23.6 Å². The van der Waals surface area contributed by atoms with E-state index in [-0.39, 0.29) is 12.0 Å². The molecule has 0 saturated carbocycles. The number of carbonyl (C=O) groups is 2. The molecule has 7 nitrogen and oxygen atoms in total. The number of nitrogens with zero attached hydrogens (tertiary/aromatic N) is 2. The summed E-state index contributed by atoms with van der Waals surface area (Å²) in [7, 11) is 0. The maximum absolute atomic E-state index is 12.8. The van der Waals surface area contributed by atoms with Crippen LogP contribution in [-0.2, 0) is 22.6 Å². The van der Waals surface area contributed by atoms with E-state index in [0.29, 0.717) is 44.2 Å². The molecule has 1 aromatic carbocycles. The van der Waals surface area contributed by atoms with Crippen molar-refractivity contribution in [3.8, 4) is 0 Å². The molecule has 2 aliphatic heterocycles. The number of β-amino-alcohol motifs (C(OH)–C–C–N with tert-alkyl or cyclic N) is 1. The second-order valence-electron chi connectivity index (χ2n) is 8.81. The summed E-state index contributed by atoms with van der Waals surface area (Å²) in [6.07, 6.45) is 0.692. The highest BCUT2D eigenvalue weighted by atomic mass is 35.5. The molecule has 1 aromatic rings. The summed E-state index contributed by atoms with van der Waals surface area (Å²) in [5.74, 6) is -0.182. The smallest absolute Gasteiger partial charge is 0.410 e. The van der Waals surface area contributed by atoms with Crippen LogP contribution in [0.4, 0.5) is 4.79 Å². The van der Waals surface area contributed by atoms with Gasteiger partial charge in [0.1, 0.15) is 11.6 Å². The van der Waals surface area contributed by atoms with Gasteiger partial charge in [-0.3, -0.25) is 14.6 Å². The second-order valence-corrected chi connectivity index (χ2v) is 9.25. The number of amides is 2. The average molecular weight is 424 g/mol. The van der Waals surface area contributed by atoms with E-state index in [1.54, 1.807) is 0 Å². The molecular formula is C21H30ClN3O4. The molecule has 2 heterocycles. The van der Waals surface area contributed by atoms with Crippen LogP contribution in [0.15, 0.2) is 18.2 Å². The third-order valence-electron chi connectivity index (χ3n) is 5.14. The first-order chi connectivity index (χ1) is 13.6. The van der Waals surface area contributed by atoms with Crippen molar-refractivity contribution < 1.29 is 19.4 Å². The molecule has 2 N–H and O–H groups in total. The van der Waals surface area contributed by atoms with Gasteiger partial charge in [0.05, 0.1) is 6.10 Å². The average Bonchev–Trinajstić information content (AvgIpc) is 3.08. The first kappa shape index (κ1) is 21.9. The number of ether oxygens (including phenoxy) is 1. The summed E-state index contributed by atoms with van der Waals surface area (Å²) in [4.78, 5) is 28.9. The van der Waals surface area contributed by atoms with E-state index in [0.717, 1.165) is 17.5 Å². The van der Waals surface area contributed by atoms with Crippen LogP contribution in [0.5, 0.6) is 0 Å². The maximum Gasteiger partial charge on any atom is 0.410 e. The third kappa shape index (κ3) is 5.84. The Balaban J connectivity index is 1.61. The molecule has 0 radical (unpaired) electrons. The lowest BCUT2D eigenvalue weighted by Gasteiger charge is -2.36. The minimum Gasteiger partial charge on any atom is -0.444 e. The van der Waals surface area contributed by atoms with E-state index in [1.165, 1.54) is 4.90 Å². The zero-order valence-electron chi connectivity index (χ0n) is 17.3. The number of carbonyl (C=O) groups excluding carboxylic acids is 2. The Morgan fingerprint density at radius 2 is 2.00 bits per heavy atom. The highest BCUT2D eigenvalue weighted by molar-refractivity contribution is 6.30. The van der Waals surface area contributed by atoms with Crippen molar-refractivity contribution in [2.45, 2.75) is 64.4 Å². The molecule has 0 aliphatic carbocycles. The fourth-order valence-corrected chi connectivity index (χ4v) is 3.90. The highest BCUT2D eigenvalue weighted by Crippen LogP contribution is 2.23. The SMILES string of the molecule is CC(C)(C)OC(=O)N1CCC[C@H]1C(=O)NCc1cc(Cl)ccc1CN1CC(O)C1. The minimum absolute atomic E-state index is 0.182. The maximum atomic E-state index is 12.8. The highest BCUT2D eigenvalue weighted by Gasteiger charge is 2.36. The number of hydrogen-bond acceptors (Lipinski definition) is 5. The Labute approximate surface area is 176 Å². The zero-order chi connectivity index (χ0) is 21.2. The molecule has 3 rings (SSSR count). The monoisotopic (exact) mass is 423 g/mol. The molecule has 2 amide bonds. The lowest BCUT2D eigenvalue weighted by molar-refractivity contribution is -0.125. The molecule has 1 atom stereocenters. The number of hydrogen-bond donors (Lipinski definition) is 2. The summed E-state index contributed by atoms with van der Waals surface area (Å²) in [5.41, 5.74) is 1.41. The number of halogens is 1. The summed E-state index contributed by atoms with van der Waals surface area (Å²) < 4.78 is 5.43. The Kier molecular flexibility index (Phi) is 6.71. The Morgan fingerprint density at radius 1 is 1.28 bits per heavy atom. The van der Waals surface area contributed by atoms with Crippen molar-refractivity contribution in [1.29, 1.82) is 0 Å². The molecule has 0 aromatic heterocycles. The van der Waals surface area contributed by atoms with Crippen LogP contribution in [0.3, 0.4) is 0 Å². The molecule has 2 saturated heterocycles. The van der Waals surface area contributed by atoms with Gasteiger partial charge in [-0.15, -0.1) is 0 Å². The van der Waals surface area contributed by atoms with Crippen LogP contribution in [0.1, 0.15) is 44.7 Å². The van der Waals surface area contributed by atoms with Gasteiger partial charge in [0.25, 0.3) is 0 Å². The predicted octanol–water partition coefficient (Wildman–Crippen LogP) is 2.53. The quantitative estimate of drug-likeness (QED) is 0.760. The predicted molar refractivity (Wildman–Crippen MR) is 111 cm³/mol. The van der Waals surface area contributed by atoms with Gasteiger partial charge in [-0.25, -0.2) is 4.79 Å². The van der Waals surface area contributed by atoms with Gasteiger partial charge in [0.2, 0.25) is 5.91 Å². The second kappa shape index (κ2) is 8.90. The fraction of sp³-hybridized carbons (Fsp3) is 0.619. The largest absolute Gasteiger partial charge is 0.444 e. The van der Waals surface area contributed by atoms with E-state index >= 15 is 0 Å². The van der Waals surface area contributed by atoms with Gasteiger partial charge in [-0.05, 0) is 56.9 Å². The minimum atomic E-state index is -0.596. The molecule has 29 heavy (non-hydrogen) atoms. The third-order valence-corrected chi connectivity index (χ3v) is 5.37. The van der Waals surface area contributed by atoms with E-state index in [9.17, 15) is 14.7 Å². The molecule has 2 aliphatic rings. The van der Waals surface area contributed by atoms with Crippen LogP contribution in [0.25, 0.3) is 0 Å². The van der Waals surface area contributed by atoms with Gasteiger partial charge in [0.15, 0.2) is 0 Å². The topological polar surface area (TPSA) is 82.1 Å². The van der Waals surface area contributed by atoms with Crippen LogP contribution in [0, 0.1) is 0 Å². The number of likely N-dealkylation sites (tertiary alicyclic amines) is 2. The standard InChI is InChI=1S/C21H30ClN3O4/c1-21(2,3)29-20(28)25-8-4-5-18(25)19(27)23-10-15-9-16(22)7-6-14(15)11-24-12-17(26)13-24/h6-7,9,17-18,26H,4-5,8,10-13H2,1-3H3,(H,23,27)/t18-/m0/s1. The van der Waals surface area contributed by atoms with Crippen LogP contribution < -0.4 is 5.32 Å². The van der Waals surface area contributed by atoms with Crippen molar-refractivity contribution in [2.75, 3.05) is 19.6 Å². The van der Waals surface area contributed by atoms with E-state index in [4.69, 9.17) is 16.3 Å². The van der Waals surface area contributed by atoms with Crippen LogP contribution in [0.2, 0.25) is 5.02 Å². The van der Waals surface area contributed by atoms with E-state index in [2.05, 4.69) is 10.2 Å². The fourth-order valence-electron chi connectivity index (χ4n) is 3.70. The van der Waals surface area contributed by atoms with Crippen molar-refractivity contribution in [3.05, 3.63) is 34.3 Å². The molecular weight excluding hydrogens is 394 g/mol. The molecule has 0 spiro atoms. The number of aliphatic hydroxyl groups excluding tert-OH is 1. The Hall–Kier alpha value is -1.83. The summed E-state index contributed by atoms with van der Waals surface area (Å²) in [6.45, 7) is 8.31. The van der Waals surface area contributed by atoms with Gasteiger partial charge in [-0.2, -0.15) is 0 Å². The van der Waals surface area contributed by atoms with E-state index < -0.39 is 17.7 Å². The number of nitrogens with one attached hydrogen (secondary N) is 1. The lowest BCUT2D eigenvalue weighted by atomic mass is 10.0. The zero-order valence-corrected chi connectivity index (χ0v) is 18.0. The Bertz CT molecular complexity index is 759. The number of rotatable bonds is 5. The van der Waals surface area contributed by atoms with Gasteiger partial charge < -0.3 is 15.2 Å². The van der Waals surface area contributed by atoms with Crippen molar-refractivity contribution in [3.63, 3.8) is 0 Å². The van der Waals surface area contributed by atoms with Gasteiger partial charge in [0, 0.05) is 37.7 Å². The summed E-state index contributed by atoms with van der Waals surface area (Å²) in [6, 6.07) is 5.13. The number of aliphatic hydroxyl groups is 1. The van der Waals surface area contributed by atoms with Gasteiger partial charge >= 0.3 is 6.09 Å². The Morgan fingerprint density at radius 3 is 2.66 bits per heavy atom. The summed E-state index contributed by atoms with van der Waals surface area (Å²) in [5, 5.41) is 13.1. The molecule has 2 fully saturated rings. The van der Waals surface area contributed by atoms with Crippen LogP contribution >= 0.6 is 11.6 Å². The lowest BCUT2D eigenvalue weighted by Crippen LogP contribution is -2.50. The molecule has 8 heteroatoms. The number of benzene rings is 1. The van der Waals surface area contributed by atoms with Crippen molar-refractivity contribution in [2.24, 2.45) is 0 Å². The molecule has 0 bridgehead atoms. The van der Waals surface area contributed by atoms with Crippen molar-refractivity contribution in [1.82, 2.24) is 15.1 Å². The molecule has 0 unspecified atom stereocenters. The normalized spacial score (nSPS) is 20.4. The van der Waals surface area contributed by atoms with Gasteiger partial charge in [-0.1, -0.05) is 17.7 Å². The summed E-state index contributed by atoms with van der Waals surface area (Å²) >= 11 is 6.16. The molecule has 160 valence electrons.